The first kappa shape index (κ1) is 16.3. The average Bonchev–Trinajstić information content (AvgIpc) is 2.47. The standard InChI is InChI=1S/C17H17ClFNO2/c1-17(2,11-4-7-13(19)8-5-11)20-16(21)14-10-12(18)6-9-15(14)22-3/h4-10H,1-3H3,(H,20,21). The van der Waals surface area contributed by atoms with Crippen LogP contribution in [0.2, 0.25) is 5.02 Å². The maximum absolute atomic E-state index is 13.0. The number of benzene rings is 2. The van der Waals surface area contributed by atoms with Gasteiger partial charge in [0.25, 0.3) is 5.91 Å². The molecule has 0 aromatic heterocycles. The third kappa shape index (κ3) is 3.57. The first-order valence-corrected chi connectivity index (χ1v) is 7.13. The smallest absolute Gasteiger partial charge is 0.255 e. The van der Waals surface area contributed by atoms with Gasteiger partial charge in [0, 0.05) is 5.02 Å². The Morgan fingerprint density at radius 1 is 1.18 bits per heavy atom. The van der Waals surface area contributed by atoms with E-state index in [0.29, 0.717) is 16.3 Å². The highest BCUT2D eigenvalue weighted by Crippen LogP contribution is 2.25. The molecule has 1 N–H and O–H groups in total. The van der Waals surface area contributed by atoms with Gasteiger partial charge in [-0.1, -0.05) is 23.7 Å². The molecule has 0 radical (unpaired) electrons. The van der Waals surface area contributed by atoms with Crippen molar-refractivity contribution >= 4 is 17.5 Å². The number of hydrogen-bond donors (Lipinski definition) is 1. The molecule has 3 nitrogen and oxygen atoms in total. The van der Waals surface area contributed by atoms with Crippen molar-refractivity contribution in [3.63, 3.8) is 0 Å². The lowest BCUT2D eigenvalue weighted by Crippen LogP contribution is -2.41. The van der Waals surface area contributed by atoms with Crippen LogP contribution in [0.15, 0.2) is 42.5 Å². The van der Waals surface area contributed by atoms with Gasteiger partial charge in [-0.15, -0.1) is 0 Å². The summed E-state index contributed by atoms with van der Waals surface area (Å²) in [5, 5.41) is 3.36. The van der Waals surface area contributed by atoms with E-state index in [2.05, 4.69) is 5.32 Å². The molecule has 2 aromatic carbocycles. The second-order valence-electron chi connectivity index (χ2n) is 5.43. The fourth-order valence-electron chi connectivity index (χ4n) is 2.15. The number of nitrogens with one attached hydrogen (secondary N) is 1. The molecule has 0 aliphatic carbocycles. The van der Waals surface area contributed by atoms with Crippen molar-refractivity contribution in [1.82, 2.24) is 5.32 Å². The third-order valence-electron chi connectivity index (χ3n) is 3.40. The quantitative estimate of drug-likeness (QED) is 0.918. The van der Waals surface area contributed by atoms with Crippen LogP contribution >= 0.6 is 11.6 Å². The lowest BCUT2D eigenvalue weighted by atomic mass is 9.93. The number of rotatable bonds is 4. The van der Waals surface area contributed by atoms with Crippen molar-refractivity contribution in [2.24, 2.45) is 0 Å². The van der Waals surface area contributed by atoms with Crippen molar-refractivity contribution in [2.45, 2.75) is 19.4 Å². The van der Waals surface area contributed by atoms with E-state index < -0.39 is 5.54 Å². The van der Waals surface area contributed by atoms with Crippen molar-refractivity contribution in [3.8, 4) is 5.75 Å². The van der Waals surface area contributed by atoms with E-state index in [1.807, 2.05) is 13.8 Å². The Morgan fingerprint density at radius 2 is 1.82 bits per heavy atom. The van der Waals surface area contributed by atoms with Crippen LogP contribution in [0.4, 0.5) is 4.39 Å². The van der Waals surface area contributed by atoms with E-state index in [1.165, 1.54) is 19.2 Å². The molecule has 0 bridgehead atoms. The van der Waals surface area contributed by atoms with Crippen molar-refractivity contribution in [2.75, 3.05) is 7.11 Å². The Bertz CT molecular complexity index is 684. The molecule has 2 aromatic rings. The molecular formula is C17H17ClFNO2. The summed E-state index contributed by atoms with van der Waals surface area (Å²) in [7, 11) is 1.49. The average molecular weight is 322 g/mol. The second-order valence-corrected chi connectivity index (χ2v) is 5.87. The summed E-state index contributed by atoms with van der Waals surface area (Å²) in [5.41, 5.74) is 0.478. The largest absolute Gasteiger partial charge is 0.496 e. The Hall–Kier alpha value is -2.07. The zero-order valence-electron chi connectivity index (χ0n) is 12.6. The molecule has 22 heavy (non-hydrogen) atoms. The minimum Gasteiger partial charge on any atom is -0.496 e. The van der Waals surface area contributed by atoms with Crippen LogP contribution in [0, 0.1) is 5.82 Å². The molecular weight excluding hydrogens is 305 g/mol. The van der Waals surface area contributed by atoms with Gasteiger partial charge < -0.3 is 10.1 Å². The Kier molecular flexibility index (Phi) is 4.71. The molecule has 0 unspecified atom stereocenters. The fraction of sp³-hybridized carbons (Fsp3) is 0.235. The van der Waals surface area contributed by atoms with Crippen LogP contribution in [0.1, 0.15) is 29.8 Å². The Morgan fingerprint density at radius 3 is 2.41 bits per heavy atom. The summed E-state index contributed by atoms with van der Waals surface area (Å²) >= 11 is 5.95. The van der Waals surface area contributed by atoms with Crippen LogP contribution in [0.5, 0.6) is 5.75 Å². The molecule has 0 heterocycles. The summed E-state index contributed by atoms with van der Waals surface area (Å²) in [5.74, 6) is -0.187. The zero-order valence-corrected chi connectivity index (χ0v) is 13.4. The molecule has 0 aliphatic heterocycles. The van der Waals surface area contributed by atoms with Crippen molar-refractivity contribution in [1.29, 1.82) is 0 Å². The molecule has 0 saturated carbocycles. The van der Waals surface area contributed by atoms with E-state index in [1.54, 1.807) is 30.3 Å². The number of ether oxygens (including phenoxy) is 1. The summed E-state index contributed by atoms with van der Waals surface area (Å²) in [6.45, 7) is 3.68. The maximum atomic E-state index is 13.0. The van der Waals surface area contributed by atoms with E-state index in [4.69, 9.17) is 16.3 Å². The van der Waals surface area contributed by atoms with Gasteiger partial charge in [0.2, 0.25) is 0 Å². The number of halogens is 2. The van der Waals surface area contributed by atoms with Crippen molar-refractivity contribution in [3.05, 3.63) is 64.4 Å². The Balaban J connectivity index is 2.27. The normalized spacial score (nSPS) is 11.1. The zero-order chi connectivity index (χ0) is 16.3. The number of carbonyl (C=O) groups is 1. The van der Waals surface area contributed by atoms with E-state index >= 15 is 0 Å². The van der Waals surface area contributed by atoms with Gasteiger partial charge in [-0.05, 0) is 49.7 Å². The molecule has 0 atom stereocenters. The molecule has 1 amide bonds. The molecule has 5 heteroatoms. The number of methoxy groups -OCH3 is 1. The predicted molar refractivity (Wildman–Crippen MR) is 84.9 cm³/mol. The molecule has 2 rings (SSSR count). The van der Waals surface area contributed by atoms with Crippen LogP contribution in [-0.4, -0.2) is 13.0 Å². The van der Waals surface area contributed by atoms with Gasteiger partial charge >= 0.3 is 0 Å². The van der Waals surface area contributed by atoms with Crippen LogP contribution in [0.25, 0.3) is 0 Å². The van der Waals surface area contributed by atoms with Crippen LogP contribution in [-0.2, 0) is 5.54 Å². The lowest BCUT2D eigenvalue weighted by Gasteiger charge is -2.27. The number of amides is 1. The van der Waals surface area contributed by atoms with Gasteiger partial charge in [0.1, 0.15) is 11.6 Å². The summed E-state index contributed by atoms with van der Waals surface area (Å²) < 4.78 is 18.2. The number of hydrogen-bond acceptors (Lipinski definition) is 2. The summed E-state index contributed by atoms with van der Waals surface area (Å²) in [6.07, 6.45) is 0. The maximum Gasteiger partial charge on any atom is 0.255 e. The molecule has 116 valence electrons. The summed E-state index contributed by atoms with van der Waals surface area (Å²) in [6, 6.07) is 10.9. The summed E-state index contributed by atoms with van der Waals surface area (Å²) in [4.78, 5) is 12.5. The highest BCUT2D eigenvalue weighted by atomic mass is 35.5. The van der Waals surface area contributed by atoms with Gasteiger partial charge in [0.05, 0.1) is 18.2 Å². The predicted octanol–water partition coefficient (Wildman–Crippen LogP) is 4.15. The molecule has 0 aliphatic rings. The van der Waals surface area contributed by atoms with Crippen LogP contribution < -0.4 is 10.1 Å². The highest BCUT2D eigenvalue weighted by molar-refractivity contribution is 6.31. The number of carbonyl (C=O) groups excluding carboxylic acids is 1. The van der Waals surface area contributed by atoms with Crippen LogP contribution in [0.3, 0.4) is 0 Å². The second kappa shape index (κ2) is 6.36. The van der Waals surface area contributed by atoms with E-state index in [-0.39, 0.29) is 11.7 Å². The SMILES string of the molecule is COc1ccc(Cl)cc1C(=O)NC(C)(C)c1ccc(F)cc1. The monoisotopic (exact) mass is 321 g/mol. The van der Waals surface area contributed by atoms with Crippen molar-refractivity contribution < 1.29 is 13.9 Å². The minimum absolute atomic E-state index is 0.311. The van der Waals surface area contributed by atoms with Gasteiger partial charge in [-0.2, -0.15) is 0 Å². The minimum atomic E-state index is -0.669. The van der Waals surface area contributed by atoms with Gasteiger partial charge in [0.15, 0.2) is 0 Å². The molecule has 0 fully saturated rings. The molecule has 0 saturated heterocycles. The highest BCUT2D eigenvalue weighted by Gasteiger charge is 2.25. The lowest BCUT2D eigenvalue weighted by molar-refractivity contribution is 0.0909. The fourth-order valence-corrected chi connectivity index (χ4v) is 2.32. The van der Waals surface area contributed by atoms with Gasteiger partial charge in [-0.3, -0.25) is 4.79 Å². The third-order valence-corrected chi connectivity index (χ3v) is 3.63. The topological polar surface area (TPSA) is 38.3 Å². The first-order chi connectivity index (χ1) is 10.3. The molecule has 0 spiro atoms. The Labute approximate surface area is 134 Å². The first-order valence-electron chi connectivity index (χ1n) is 6.75. The van der Waals surface area contributed by atoms with E-state index in [9.17, 15) is 9.18 Å². The van der Waals surface area contributed by atoms with Gasteiger partial charge in [-0.25, -0.2) is 4.39 Å². The van der Waals surface area contributed by atoms with E-state index in [0.717, 1.165) is 5.56 Å².